The molecule has 244 valence electrons. The Balaban J connectivity index is 1.23. The molecule has 1 aliphatic carbocycles. The lowest BCUT2D eigenvalue weighted by Gasteiger charge is -2.32. The van der Waals surface area contributed by atoms with E-state index in [9.17, 15) is 9.59 Å². The minimum absolute atomic E-state index is 0.0674. The van der Waals surface area contributed by atoms with E-state index in [1.54, 1.807) is 32.0 Å². The molecule has 0 fully saturated rings. The number of aryl methyl sites for hydroxylation is 1. The van der Waals surface area contributed by atoms with E-state index in [1.807, 2.05) is 24.3 Å². The van der Waals surface area contributed by atoms with E-state index >= 15 is 0 Å². The van der Waals surface area contributed by atoms with Crippen LogP contribution in [-0.4, -0.2) is 69.2 Å². The van der Waals surface area contributed by atoms with Crippen LogP contribution in [0, 0.1) is 5.92 Å². The van der Waals surface area contributed by atoms with Crippen LogP contribution in [0.2, 0.25) is 10.0 Å². The highest BCUT2D eigenvalue weighted by Crippen LogP contribution is 2.42. The second kappa shape index (κ2) is 15.9. The lowest BCUT2D eigenvalue weighted by Crippen LogP contribution is -2.37. The van der Waals surface area contributed by atoms with E-state index in [4.69, 9.17) is 42.4 Å². The Kier molecular flexibility index (Phi) is 11.7. The number of ether oxygens (including phenoxy) is 3. The maximum Gasteiger partial charge on any atom is 0.336 e. The summed E-state index contributed by atoms with van der Waals surface area (Å²) in [6.45, 7) is 6.14. The lowest BCUT2D eigenvalue weighted by molar-refractivity contribution is -0.144. The van der Waals surface area contributed by atoms with E-state index in [2.05, 4.69) is 15.6 Å². The number of carbonyl (C=O) groups excluding carboxylic acids is 2. The minimum Gasteiger partial charge on any atom is -0.468 e. The number of nitrogens with zero attached hydrogens (tertiary/aromatic N) is 2. The van der Waals surface area contributed by atoms with Gasteiger partial charge < -0.3 is 24.8 Å². The molecule has 46 heavy (non-hydrogen) atoms. The summed E-state index contributed by atoms with van der Waals surface area (Å²) < 4.78 is 16.5. The summed E-state index contributed by atoms with van der Waals surface area (Å²) in [7, 11) is 1.32. The second-order valence-electron chi connectivity index (χ2n) is 11.3. The van der Waals surface area contributed by atoms with Gasteiger partial charge in [-0.2, -0.15) is 0 Å². The molecule has 2 atom stereocenters. The van der Waals surface area contributed by atoms with Crippen LogP contribution >= 0.6 is 23.2 Å². The zero-order valence-electron chi connectivity index (χ0n) is 26.5. The largest absolute Gasteiger partial charge is 0.468 e. The van der Waals surface area contributed by atoms with Crippen LogP contribution in [0.15, 0.2) is 58.7 Å². The van der Waals surface area contributed by atoms with Crippen molar-refractivity contribution in [2.24, 2.45) is 10.9 Å². The zero-order chi connectivity index (χ0) is 32.6. The summed E-state index contributed by atoms with van der Waals surface area (Å²) in [6.07, 6.45) is 4.33. The van der Waals surface area contributed by atoms with Gasteiger partial charge in [-0.05, 0) is 74.9 Å². The predicted molar refractivity (Wildman–Crippen MR) is 182 cm³/mol. The summed E-state index contributed by atoms with van der Waals surface area (Å²) in [5.74, 6) is -2.63. The second-order valence-corrected chi connectivity index (χ2v) is 12.2. The van der Waals surface area contributed by atoms with Crippen LogP contribution in [0.1, 0.15) is 49.4 Å². The van der Waals surface area contributed by atoms with E-state index in [0.29, 0.717) is 40.2 Å². The molecule has 1 aliphatic heterocycles. The Bertz CT molecular complexity index is 1660. The van der Waals surface area contributed by atoms with Crippen molar-refractivity contribution in [2.75, 3.05) is 51.9 Å². The number of anilines is 1. The van der Waals surface area contributed by atoms with Gasteiger partial charge in [0.2, 0.25) is 0 Å². The number of esters is 2. The van der Waals surface area contributed by atoms with E-state index in [0.717, 1.165) is 54.6 Å². The Morgan fingerprint density at radius 3 is 2.63 bits per heavy atom. The smallest absolute Gasteiger partial charge is 0.336 e. The van der Waals surface area contributed by atoms with E-state index < -0.39 is 23.8 Å². The van der Waals surface area contributed by atoms with Gasteiger partial charge in [-0.1, -0.05) is 41.4 Å². The molecule has 3 aromatic rings. The Hall–Kier alpha value is -3.50. The summed E-state index contributed by atoms with van der Waals surface area (Å²) in [4.78, 5) is 35.9. The van der Waals surface area contributed by atoms with Crippen LogP contribution in [0.25, 0.3) is 10.9 Å². The molecule has 0 saturated heterocycles. The van der Waals surface area contributed by atoms with Crippen LogP contribution in [0.5, 0.6) is 0 Å². The first-order valence-corrected chi connectivity index (χ1v) is 16.5. The van der Waals surface area contributed by atoms with Crippen molar-refractivity contribution < 1.29 is 23.8 Å². The molecule has 2 heterocycles. The number of carbonyl (C=O) groups is 2. The van der Waals surface area contributed by atoms with Crippen LogP contribution < -0.4 is 10.6 Å². The molecular weight excluding hydrogens is 627 g/mol. The quantitative estimate of drug-likeness (QED) is 0.161. The van der Waals surface area contributed by atoms with Gasteiger partial charge in [-0.3, -0.25) is 14.8 Å². The van der Waals surface area contributed by atoms with Crippen molar-refractivity contribution in [3.8, 4) is 0 Å². The highest BCUT2D eigenvalue weighted by atomic mass is 35.5. The maximum atomic E-state index is 13.3. The molecule has 1 aromatic heterocycles. The van der Waals surface area contributed by atoms with Crippen molar-refractivity contribution in [1.82, 2.24) is 10.3 Å². The molecule has 2 unspecified atom stereocenters. The Morgan fingerprint density at radius 2 is 1.85 bits per heavy atom. The highest BCUT2D eigenvalue weighted by Gasteiger charge is 2.43. The monoisotopic (exact) mass is 666 g/mol. The molecule has 0 radical (unpaired) electrons. The fraction of sp³-hybridized carbons (Fsp3) is 0.429. The summed E-state index contributed by atoms with van der Waals surface area (Å²) >= 11 is 12.9. The van der Waals surface area contributed by atoms with Gasteiger partial charge >= 0.3 is 11.9 Å². The number of halogens is 2. The molecule has 5 rings (SSSR count). The number of nitrogens with one attached hydrogen (secondary N) is 2. The summed E-state index contributed by atoms with van der Waals surface area (Å²) in [6, 6.07) is 13.0. The molecule has 2 aromatic carbocycles. The molecule has 0 amide bonds. The normalized spacial score (nSPS) is 17.8. The molecule has 0 spiro atoms. The zero-order valence-corrected chi connectivity index (χ0v) is 28.0. The van der Waals surface area contributed by atoms with Crippen molar-refractivity contribution in [1.29, 1.82) is 0 Å². The number of aromatic nitrogens is 1. The maximum absolute atomic E-state index is 13.3. The SMILES string of the molecule is CCOC(=O)C1=C(COCCNCCNc2c3c(nc4cc(Cl)ccc24)CCCC3)N=C(C)C(C(=O)OC)C1c1ccccc1Cl. The fourth-order valence-electron chi connectivity index (χ4n) is 6.30. The minimum atomic E-state index is -0.831. The van der Waals surface area contributed by atoms with Crippen LogP contribution in [0.3, 0.4) is 0 Å². The fourth-order valence-corrected chi connectivity index (χ4v) is 6.72. The molecule has 2 N–H and O–H groups in total. The van der Waals surface area contributed by atoms with E-state index in [1.165, 1.54) is 19.1 Å². The average Bonchev–Trinajstić information content (AvgIpc) is 3.05. The number of fused-ring (bicyclic) bond motifs is 2. The third-order valence-electron chi connectivity index (χ3n) is 8.40. The number of hydrogen-bond donors (Lipinski definition) is 2. The number of benzene rings is 2. The lowest BCUT2D eigenvalue weighted by atomic mass is 9.75. The number of rotatable bonds is 13. The van der Waals surface area contributed by atoms with Gasteiger partial charge in [0.15, 0.2) is 0 Å². The molecule has 9 nitrogen and oxygen atoms in total. The van der Waals surface area contributed by atoms with Crippen molar-refractivity contribution >= 4 is 57.4 Å². The first-order chi connectivity index (χ1) is 22.3. The van der Waals surface area contributed by atoms with Gasteiger partial charge in [-0.15, -0.1) is 0 Å². The Labute approximate surface area is 279 Å². The molecule has 0 saturated carbocycles. The van der Waals surface area contributed by atoms with Gasteiger partial charge in [0, 0.05) is 58.1 Å². The van der Waals surface area contributed by atoms with Crippen LogP contribution in [0.4, 0.5) is 5.69 Å². The first kappa shape index (κ1) is 33.9. The standard InChI is InChI=1S/C35H40Cl2N4O5/c1-4-46-35(43)32-29(40-21(2)30(34(42)44-3)31(32)23-9-5-7-11-26(23)37)20-45-18-17-38-15-16-39-33-24-10-6-8-12-27(24)41-28-19-22(36)13-14-25(28)33/h5,7,9,11,13-14,19,30-31,38H,4,6,8,10,12,15-18,20H2,1-3H3,(H,39,41). The third-order valence-corrected chi connectivity index (χ3v) is 8.98. The van der Waals surface area contributed by atoms with Gasteiger partial charge in [0.1, 0.15) is 5.92 Å². The summed E-state index contributed by atoms with van der Waals surface area (Å²) in [5, 5.41) is 9.27. The number of hydrogen-bond acceptors (Lipinski definition) is 9. The predicted octanol–water partition coefficient (Wildman–Crippen LogP) is 6.30. The highest BCUT2D eigenvalue weighted by molar-refractivity contribution is 6.32. The first-order valence-electron chi connectivity index (χ1n) is 15.7. The number of pyridine rings is 1. The van der Waals surface area contributed by atoms with Crippen molar-refractivity contribution in [3.05, 3.63) is 80.6 Å². The van der Waals surface area contributed by atoms with Crippen molar-refractivity contribution in [3.63, 3.8) is 0 Å². The van der Waals surface area contributed by atoms with E-state index in [-0.39, 0.29) is 18.8 Å². The molecule has 2 aliphatic rings. The molecular formula is C35H40Cl2N4O5. The van der Waals surface area contributed by atoms with Gasteiger partial charge in [0.25, 0.3) is 0 Å². The molecule has 0 bridgehead atoms. The number of methoxy groups -OCH3 is 1. The van der Waals surface area contributed by atoms with Crippen molar-refractivity contribution in [2.45, 2.75) is 45.4 Å². The number of aliphatic imine (C=N–C) groups is 1. The van der Waals surface area contributed by atoms with Crippen LogP contribution in [-0.2, 0) is 36.6 Å². The van der Waals surface area contributed by atoms with Gasteiger partial charge in [-0.25, -0.2) is 4.79 Å². The Morgan fingerprint density at radius 1 is 1.04 bits per heavy atom. The molecule has 11 heteroatoms. The third kappa shape index (κ3) is 7.55. The topological polar surface area (TPSA) is 111 Å². The average molecular weight is 668 g/mol. The van der Waals surface area contributed by atoms with Gasteiger partial charge in [0.05, 0.1) is 43.7 Å². The summed E-state index contributed by atoms with van der Waals surface area (Å²) in [5.41, 5.74) is 6.34.